The number of anilines is 1. The molecule has 1 aliphatic carbocycles. The smallest absolute Gasteiger partial charge is 0.319 e. The first kappa shape index (κ1) is 21.2. The molecule has 0 bridgehead atoms. The van der Waals surface area contributed by atoms with Crippen LogP contribution in [0.3, 0.4) is 0 Å². The fraction of sp³-hybridized carbons (Fsp3) is 0.500. The number of amides is 2. The normalized spacial score (nSPS) is 22.0. The number of allylic oxidation sites excluding steroid dienone is 2. The molecule has 1 aliphatic rings. The number of methoxy groups -OCH3 is 1. The summed E-state index contributed by atoms with van der Waals surface area (Å²) in [6.45, 7) is 0.431. The molecule has 3 atom stereocenters. The Bertz CT molecular complexity index is 651. The van der Waals surface area contributed by atoms with Gasteiger partial charge >= 0.3 is 12.0 Å². The average molecular weight is 397 g/mol. The number of hydrogen-bond donors (Lipinski definition) is 2. The quantitative estimate of drug-likeness (QED) is 0.493. The Morgan fingerprint density at radius 1 is 1.26 bits per heavy atom. The number of benzene rings is 1. The minimum Gasteiger partial charge on any atom is -0.469 e. The molecule has 2 amide bonds. The molecule has 27 heavy (non-hydrogen) atoms. The number of ether oxygens (including phenoxy) is 1. The van der Waals surface area contributed by atoms with Crippen LogP contribution in [0.4, 0.5) is 14.9 Å². The molecular weight excluding hydrogens is 371 g/mol. The fourth-order valence-corrected chi connectivity index (χ4v) is 3.42. The van der Waals surface area contributed by atoms with Crippen LogP contribution in [-0.2, 0) is 9.53 Å². The van der Waals surface area contributed by atoms with Gasteiger partial charge in [0, 0.05) is 23.7 Å². The maximum Gasteiger partial charge on any atom is 0.319 e. The molecule has 0 aliphatic heterocycles. The zero-order chi connectivity index (χ0) is 19.6. The molecule has 1 aromatic carbocycles. The lowest BCUT2D eigenvalue weighted by atomic mass is 9.91. The van der Waals surface area contributed by atoms with Crippen LogP contribution >= 0.6 is 11.6 Å². The van der Waals surface area contributed by atoms with E-state index in [0.717, 1.165) is 6.42 Å². The van der Waals surface area contributed by atoms with Gasteiger partial charge in [-0.3, -0.25) is 4.79 Å². The first-order chi connectivity index (χ1) is 13.0. The summed E-state index contributed by atoms with van der Waals surface area (Å²) in [5.41, 5.74) is 0.650. The van der Waals surface area contributed by atoms with Gasteiger partial charge in [0.25, 0.3) is 0 Å². The van der Waals surface area contributed by atoms with Crippen LogP contribution < -0.4 is 10.6 Å². The van der Waals surface area contributed by atoms with E-state index in [2.05, 4.69) is 15.4 Å². The highest BCUT2D eigenvalue weighted by Crippen LogP contribution is 2.36. The van der Waals surface area contributed by atoms with Crippen LogP contribution in [0, 0.1) is 11.8 Å². The zero-order valence-corrected chi connectivity index (χ0v) is 16.2. The van der Waals surface area contributed by atoms with Crippen molar-refractivity contribution in [3.63, 3.8) is 0 Å². The molecular formula is C20H26ClFN2O3. The van der Waals surface area contributed by atoms with Gasteiger partial charge in [-0.05, 0) is 61.8 Å². The monoisotopic (exact) mass is 396 g/mol. The van der Waals surface area contributed by atoms with Crippen molar-refractivity contribution < 1.29 is 18.7 Å². The van der Waals surface area contributed by atoms with E-state index in [-0.39, 0.29) is 23.8 Å². The van der Waals surface area contributed by atoms with Crippen LogP contribution in [0.2, 0.25) is 5.02 Å². The molecule has 0 aromatic heterocycles. The number of halogens is 2. The van der Waals surface area contributed by atoms with Gasteiger partial charge in [-0.15, -0.1) is 0 Å². The van der Waals surface area contributed by atoms with Crippen molar-refractivity contribution >= 4 is 29.3 Å². The van der Waals surface area contributed by atoms with Crippen molar-refractivity contribution in [1.82, 2.24) is 5.32 Å². The van der Waals surface area contributed by atoms with Gasteiger partial charge in [0.05, 0.1) is 7.11 Å². The van der Waals surface area contributed by atoms with Gasteiger partial charge in [-0.25, -0.2) is 9.18 Å². The van der Waals surface area contributed by atoms with Gasteiger partial charge in [-0.2, -0.15) is 0 Å². The maximum absolute atomic E-state index is 14.2. The highest BCUT2D eigenvalue weighted by molar-refractivity contribution is 6.30. The fourth-order valence-electron chi connectivity index (χ4n) is 3.30. The summed E-state index contributed by atoms with van der Waals surface area (Å²) in [6, 6.07) is 6.52. The van der Waals surface area contributed by atoms with Crippen molar-refractivity contribution in [2.75, 3.05) is 19.0 Å². The van der Waals surface area contributed by atoms with Gasteiger partial charge in [-0.1, -0.05) is 23.8 Å². The third-order valence-electron chi connectivity index (χ3n) is 4.83. The third-order valence-corrected chi connectivity index (χ3v) is 5.08. The molecule has 7 heteroatoms. The average Bonchev–Trinajstić information content (AvgIpc) is 3.01. The first-order valence-electron chi connectivity index (χ1n) is 9.16. The largest absolute Gasteiger partial charge is 0.469 e. The lowest BCUT2D eigenvalue weighted by molar-refractivity contribution is -0.140. The van der Waals surface area contributed by atoms with E-state index in [1.54, 1.807) is 24.3 Å². The first-order valence-corrected chi connectivity index (χ1v) is 9.53. The molecule has 0 unspecified atom stereocenters. The van der Waals surface area contributed by atoms with Crippen LogP contribution in [0.15, 0.2) is 36.4 Å². The number of rotatable bonds is 8. The Hall–Kier alpha value is -2.08. The second kappa shape index (κ2) is 10.9. The zero-order valence-electron chi connectivity index (χ0n) is 15.4. The molecule has 1 aromatic rings. The summed E-state index contributed by atoms with van der Waals surface area (Å²) in [5, 5.41) is 6.16. The maximum atomic E-state index is 14.2. The van der Waals surface area contributed by atoms with Crippen LogP contribution in [0.1, 0.15) is 32.1 Å². The van der Waals surface area contributed by atoms with E-state index >= 15 is 0 Å². The second-order valence-corrected chi connectivity index (χ2v) is 7.12. The molecule has 1 saturated carbocycles. The number of alkyl halides is 1. The molecule has 0 saturated heterocycles. The minimum absolute atomic E-state index is 0.0984. The van der Waals surface area contributed by atoms with E-state index in [0.29, 0.717) is 42.9 Å². The van der Waals surface area contributed by atoms with Crippen molar-refractivity contribution in [1.29, 1.82) is 0 Å². The Balaban J connectivity index is 1.75. The summed E-state index contributed by atoms with van der Waals surface area (Å²) in [4.78, 5) is 23.1. The number of urea groups is 1. The standard InChI is InChI=1S/C20H26ClFN2O3/c1-27-19(25)6-4-2-3-5-17-14(7-12-18(17)22)13-23-20(26)24-16-10-8-15(21)9-11-16/h2-3,8-11,14,17-18H,4-7,12-13H2,1H3,(H2,23,24,26)/b3-2-/t14-,17-,18-/m1/s1. The molecule has 1 fully saturated rings. The summed E-state index contributed by atoms with van der Waals surface area (Å²) in [7, 11) is 1.36. The molecule has 148 valence electrons. The van der Waals surface area contributed by atoms with Gasteiger partial charge in [0.15, 0.2) is 0 Å². The van der Waals surface area contributed by atoms with Crippen LogP contribution in [-0.4, -0.2) is 31.8 Å². The van der Waals surface area contributed by atoms with Crippen molar-refractivity contribution in [2.45, 2.75) is 38.3 Å². The number of esters is 1. The summed E-state index contributed by atoms with van der Waals surface area (Å²) < 4.78 is 18.8. The summed E-state index contributed by atoms with van der Waals surface area (Å²) >= 11 is 5.82. The Labute approximate surface area is 164 Å². The topological polar surface area (TPSA) is 67.4 Å². The Morgan fingerprint density at radius 3 is 2.70 bits per heavy atom. The van der Waals surface area contributed by atoms with Gasteiger partial charge in [0.1, 0.15) is 6.17 Å². The number of carbonyl (C=O) groups excluding carboxylic acids is 2. The lowest BCUT2D eigenvalue weighted by Crippen LogP contribution is -2.35. The number of hydrogen-bond acceptors (Lipinski definition) is 3. The molecule has 2 N–H and O–H groups in total. The third kappa shape index (κ3) is 7.21. The highest BCUT2D eigenvalue weighted by Gasteiger charge is 2.35. The summed E-state index contributed by atoms with van der Waals surface area (Å²) in [5.74, 6) is -0.269. The van der Waals surface area contributed by atoms with Crippen LogP contribution in [0.25, 0.3) is 0 Å². The van der Waals surface area contributed by atoms with Gasteiger partial charge < -0.3 is 15.4 Å². The molecule has 2 rings (SSSR count). The van der Waals surface area contributed by atoms with Crippen molar-refractivity contribution in [3.8, 4) is 0 Å². The Kier molecular flexibility index (Phi) is 8.58. The van der Waals surface area contributed by atoms with Crippen molar-refractivity contribution in [2.24, 2.45) is 11.8 Å². The summed E-state index contributed by atoms with van der Waals surface area (Å²) in [6.07, 6.45) is 5.74. The van der Waals surface area contributed by atoms with E-state index < -0.39 is 6.17 Å². The van der Waals surface area contributed by atoms with Gasteiger partial charge in [0.2, 0.25) is 0 Å². The molecule has 0 heterocycles. The van der Waals surface area contributed by atoms with E-state index in [1.165, 1.54) is 7.11 Å². The van der Waals surface area contributed by atoms with E-state index in [1.807, 2.05) is 12.2 Å². The Morgan fingerprint density at radius 2 is 2.00 bits per heavy atom. The van der Waals surface area contributed by atoms with E-state index in [9.17, 15) is 14.0 Å². The predicted molar refractivity (Wildman–Crippen MR) is 105 cm³/mol. The highest BCUT2D eigenvalue weighted by atomic mass is 35.5. The molecule has 5 nitrogen and oxygen atoms in total. The molecule has 0 radical (unpaired) electrons. The van der Waals surface area contributed by atoms with E-state index in [4.69, 9.17) is 11.6 Å². The predicted octanol–water partition coefficient (Wildman–Crippen LogP) is 4.73. The van der Waals surface area contributed by atoms with Crippen molar-refractivity contribution in [3.05, 3.63) is 41.4 Å². The number of nitrogens with one attached hydrogen (secondary N) is 2. The lowest BCUT2D eigenvalue weighted by Gasteiger charge is -2.20. The SMILES string of the molecule is COC(=O)CC/C=C\C[C@@H]1[C@@H](CNC(=O)Nc2ccc(Cl)cc2)CC[C@H]1F. The second-order valence-electron chi connectivity index (χ2n) is 6.68. The minimum atomic E-state index is -0.860. The number of carbonyl (C=O) groups is 2. The molecule has 0 spiro atoms. The van der Waals surface area contributed by atoms with Crippen LogP contribution in [0.5, 0.6) is 0 Å².